The molecule has 49 valence electrons. The minimum Gasteiger partial charge on any atom is -0.198 e. The molecule has 0 aromatic rings. The number of hydrogen-bond donors (Lipinski definition) is 0. The van der Waals surface area contributed by atoms with Gasteiger partial charge in [0.2, 0.25) is 0 Å². The van der Waals surface area contributed by atoms with Crippen LogP contribution in [0.1, 0.15) is 26.2 Å². The van der Waals surface area contributed by atoms with Crippen molar-refractivity contribution in [2.24, 2.45) is 0 Å². The van der Waals surface area contributed by atoms with E-state index in [4.69, 9.17) is 5.26 Å². The van der Waals surface area contributed by atoms with Crippen molar-refractivity contribution in [3.05, 3.63) is 18.6 Å². The number of hydrogen-bond acceptors (Lipinski definition) is 1. The minimum atomic E-state index is 1.09. The molecule has 0 amide bonds. The average Bonchev–Trinajstić information content (AvgIpc) is 1.89. The second-order valence-electron chi connectivity index (χ2n) is 1.87. The SMILES string of the molecule is CCCCC=C[CH]C#N. The van der Waals surface area contributed by atoms with Crippen LogP contribution in [0.25, 0.3) is 0 Å². The largest absolute Gasteiger partial charge is 0.198 e. The molecule has 1 nitrogen and oxygen atoms in total. The highest BCUT2D eigenvalue weighted by Crippen LogP contribution is 1.94. The van der Waals surface area contributed by atoms with E-state index in [1.165, 1.54) is 19.3 Å². The Morgan fingerprint density at radius 2 is 2.33 bits per heavy atom. The van der Waals surface area contributed by atoms with Crippen LogP contribution in [0.3, 0.4) is 0 Å². The lowest BCUT2D eigenvalue weighted by Crippen LogP contribution is -1.66. The monoisotopic (exact) mass is 122 g/mol. The summed E-state index contributed by atoms with van der Waals surface area (Å²) >= 11 is 0. The lowest BCUT2D eigenvalue weighted by Gasteiger charge is -1.84. The van der Waals surface area contributed by atoms with E-state index in [0.29, 0.717) is 0 Å². The minimum absolute atomic E-state index is 1.09. The maximum absolute atomic E-state index is 8.07. The highest BCUT2D eigenvalue weighted by Gasteiger charge is 1.76. The Bertz CT molecular complexity index is 108. The Morgan fingerprint density at radius 3 is 2.89 bits per heavy atom. The molecule has 1 radical (unpaired) electrons. The number of nitrogens with zero attached hydrogens (tertiary/aromatic N) is 1. The first-order chi connectivity index (χ1) is 4.41. The van der Waals surface area contributed by atoms with Gasteiger partial charge < -0.3 is 0 Å². The molecule has 0 fully saturated rings. The third-order valence-corrected chi connectivity index (χ3v) is 1.03. The van der Waals surface area contributed by atoms with Crippen LogP contribution < -0.4 is 0 Å². The molecule has 0 N–H and O–H groups in total. The summed E-state index contributed by atoms with van der Waals surface area (Å²) in [5.41, 5.74) is 0. The molecule has 0 aliphatic carbocycles. The molecular formula is C8H12N. The highest BCUT2D eigenvalue weighted by molar-refractivity contribution is 5.08. The Hall–Kier alpha value is -0.770. The van der Waals surface area contributed by atoms with Gasteiger partial charge in [0.15, 0.2) is 0 Å². The number of nitriles is 1. The van der Waals surface area contributed by atoms with Crippen molar-refractivity contribution < 1.29 is 0 Å². The van der Waals surface area contributed by atoms with E-state index in [1.54, 1.807) is 6.08 Å². The molecule has 0 bridgehead atoms. The van der Waals surface area contributed by atoms with Gasteiger partial charge in [0.05, 0.1) is 12.5 Å². The maximum atomic E-state index is 8.07. The van der Waals surface area contributed by atoms with Gasteiger partial charge in [-0.25, -0.2) is 0 Å². The Kier molecular flexibility index (Phi) is 6.61. The molecule has 0 atom stereocenters. The third kappa shape index (κ3) is 7.23. The van der Waals surface area contributed by atoms with Gasteiger partial charge >= 0.3 is 0 Å². The Balaban J connectivity index is 2.97. The predicted octanol–water partition coefficient (Wildman–Crippen LogP) is 2.46. The van der Waals surface area contributed by atoms with Crippen LogP contribution in [0.15, 0.2) is 12.2 Å². The van der Waals surface area contributed by atoms with Crippen LogP contribution >= 0.6 is 0 Å². The van der Waals surface area contributed by atoms with Crippen LogP contribution in [0, 0.1) is 17.8 Å². The van der Waals surface area contributed by atoms with E-state index in [-0.39, 0.29) is 0 Å². The van der Waals surface area contributed by atoms with Crippen LogP contribution in [-0.2, 0) is 0 Å². The summed E-state index contributed by atoms with van der Waals surface area (Å²) in [6.07, 6.45) is 8.85. The standard InChI is InChI=1S/C8H12N/c1-2-3-4-5-6-7-8-9/h5-7H,2-4H2,1H3. The topological polar surface area (TPSA) is 23.8 Å². The summed E-state index contributed by atoms with van der Waals surface area (Å²) in [5, 5.41) is 8.07. The Morgan fingerprint density at radius 1 is 1.56 bits per heavy atom. The molecule has 0 aromatic heterocycles. The second kappa shape index (κ2) is 7.23. The lowest BCUT2D eigenvalue weighted by molar-refractivity contribution is 0.814. The molecule has 1 heteroatoms. The van der Waals surface area contributed by atoms with E-state index in [0.717, 1.165) is 6.42 Å². The van der Waals surface area contributed by atoms with E-state index >= 15 is 0 Å². The second-order valence-corrected chi connectivity index (χ2v) is 1.87. The molecule has 0 aliphatic rings. The molecule has 0 aromatic carbocycles. The van der Waals surface area contributed by atoms with Crippen molar-refractivity contribution in [1.82, 2.24) is 0 Å². The quantitative estimate of drug-likeness (QED) is 0.525. The van der Waals surface area contributed by atoms with E-state index in [2.05, 4.69) is 6.92 Å². The molecule has 0 saturated carbocycles. The fourth-order valence-electron chi connectivity index (χ4n) is 0.529. The zero-order chi connectivity index (χ0) is 6.95. The molecule has 9 heavy (non-hydrogen) atoms. The van der Waals surface area contributed by atoms with Gasteiger partial charge in [0, 0.05) is 0 Å². The van der Waals surface area contributed by atoms with Crippen molar-refractivity contribution in [2.75, 3.05) is 0 Å². The number of allylic oxidation sites excluding steroid dienone is 2. The van der Waals surface area contributed by atoms with E-state index in [9.17, 15) is 0 Å². The summed E-state index contributed by atoms with van der Waals surface area (Å²) in [6, 6.07) is 1.93. The van der Waals surface area contributed by atoms with Crippen LogP contribution in [0.4, 0.5) is 0 Å². The van der Waals surface area contributed by atoms with Crippen LogP contribution in [0.2, 0.25) is 0 Å². The van der Waals surface area contributed by atoms with Crippen LogP contribution in [0.5, 0.6) is 0 Å². The summed E-state index contributed by atoms with van der Waals surface area (Å²) in [4.78, 5) is 0. The Labute approximate surface area is 57.0 Å². The zero-order valence-electron chi connectivity index (χ0n) is 5.80. The molecule has 0 rings (SSSR count). The predicted molar refractivity (Wildman–Crippen MR) is 38.6 cm³/mol. The molecular weight excluding hydrogens is 110 g/mol. The normalized spacial score (nSPS) is 9.78. The highest BCUT2D eigenvalue weighted by atomic mass is 14.2. The van der Waals surface area contributed by atoms with E-state index in [1.807, 2.05) is 12.1 Å². The van der Waals surface area contributed by atoms with Gasteiger partial charge in [-0.3, -0.25) is 0 Å². The molecule has 0 saturated heterocycles. The average molecular weight is 122 g/mol. The fraction of sp³-hybridized carbons (Fsp3) is 0.500. The lowest BCUT2D eigenvalue weighted by atomic mass is 10.2. The number of rotatable bonds is 4. The van der Waals surface area contributed by atoms with Crippen LogP contribution in [-0.4, -0.2) is 0 Å². The first kappa shape index (κ1) is 8.23. The van der Waals surface area contributed by atoms with Gasteiger partial charge in [-0.15, -0.1) is 0 Å². The summed E-state index contributed by atoms with van der Waals surface area (Å²) < 4.78 is 0. The molecule has 0 unspecified atom stereocenters. The fourth-order valence-corrected chi connectivity index (χ4v) is 0.529. The number of unbranched alkanes of at least 4 members (excludes halogenated alkanes) is 2. The molecule has 0 aliphatic heterocycles. The smallest absolute Gasteiger partial charge is 0.0836 e. The third-order valence-electron chi connectivity index (χ3n) is 1.03. The summed E-state index contributed by atoms with van der Waals surface area (Å²) in [5.74, 6) is 0. The first-order valence-corrected chi connectivity index (χ1v) is 3.29. The van der Waals surface area contributed by atoms with Crippen molar-refractivity contribution in [1.29, 1.82) is 5.26 Å². The first-order valence-electron chi connectivity index (χ1n) is 3.29. The molecule has 0 heterocycles. The van der Waals surface area contributed by atoms with Gasteiger partial charge in [-0.05, 0) is 6.42 Å². The molecule has 0 spiro atoms. The maximum Gasteiger partial charge on any atom is 0.0836 e. The zero-order valence-corrected chi connectivity index (χ0v) is 5.80. The van der Waals surface area contributed by atoms with Crippen molar-refractivity contribution in [3.8, 4) is 6.07 Å². The van der Waals surface area contributed by atoms with Gasteiger partial charge in [0.1, 0.15) is 0 Å². The summed E-state index contributed by atoms with van der Waals surface area (Å²) in [7, 11) is 0. The van der Waals surface area contributed by atoms with Gasteiger partial charge in [0.25, 0.3) is 0 Å². The summed E-state index contributed by atoms with van der Waals surface area (Å²) in [6.45, 7) is 2.15. The van der Waals surface area contributed by atoms with Gasteiger partial charge in [-0.2, -0.15) is 5.26 Å². The van der Waals surface area contributed by atoms with Crippen molar-refractivity contribution in [2.45, 2.75) is 26.2 Å². The van der Waals surface area contributed by atoms with E-state index < -0.39 is 0 Å². The van der Waals surface area contributed by atoms with Gasteiger partial charge in [-0.1, -0.05) is 31.9 Å². The van der Waals surface area contributed by atoms with Crippen molar-refractivity contribution >= 4 is 0 Å². The van der Waals surface area contributed by atoms with Crippen molar-refractivity contribution in [3.63, 3.8) is 0 Å².